The van der Waals surface area contributed by atoms with Gasteiger partial charge in [-0.1, -0.05) is 40.9 Å². The number of ketones is 1. The number of aromatic nitrogens is 1. The molecule has 0 saturated heterocycles. The molecule has 0 N–H and O–H groups in total. The Kier molecular flexibility index (Phi) is 4.91. The SMILES string of the molecule is Cc1c(Cl)ccc2cc(/C=C/C(=O)c3ccc(Cl)cc3)c(Cl)nc12. The van der Waals surface area contributed by atoms with Crippen molar-refractivity contribution < 1.29 is 4.79 Å². The van der Waals surface area contributed by atoms with Gasteiger partial charge in [-0.05, 0) is 61.0 Å². The fourth-order valence-electron chi connectivity index (χ4n) is 2.34. The zero-order valence-corrected chi connectivity index (χ0v) is 15.0. The van der Waals surface area contributed by atoms with Gasteiger partial charge in [-0.2, -0.15) is 0 Å². The van der Waals surface area contributed by atoms with Crippen molar-refractivity contribution in [1.29, 1.82) is 0 Å². The Labute approximate surface area is 154 Å². The Hall–Kier alpha value is -1.87. The first-order valence-electron chi connectivity index (χ1n) is 7.19. The minimum atomic E-state index is -0.130. The molecule has 0 fully saturated rings. The molecule has 1 aromatic heterocycles. The van der Waals surface area contributed by atoms with Gasteiger partial charge in [0, 0.05) is 26.6 Å². The summed E-state index contributed by atoms with van der Waals surface area (Å²) in [4.78, 5) is 16.6. The van der Waals surface area contributed by atoms with E-state index in [1.54, 1.807) is 30.3 Å². The van der Waals surface area contributed by atoms with E-state index in [-0.39, 0.29) is 5.78 Å². The lowest BCUT2D eigenvalue weighted by Gasteiger charge is -2.06. The van der Waals surface area contributed by atoms with Crippen molar-refractivity contribution in [2.75, 3.05) is 0 Å². The van der Waals surface area contributed by atoms with E-state index in [1.165, 1.54) is 6.08 Å². The van der Waals surface area contributed by atoms with Crippen LogP contribution in [-0.4, -0.2) is 10.8 Å². The number of rotatable bonds is 3. The summed E-state index contributed by atoms with van der Waals surface area (Å²) in [7, 11) is 0. The maximum Gasteiger partial charge on any atom is 0.185 e. The van der Waals surface area contributed by atoms with Gasteiger partial charge in [0.15, 0.2) is 5.78 Å². The molecule has 0 aliphatic carbocycles. The summed E-state index contributed by atoms with van der Waals surface area (Å²) in [6.07, 6.45) is 3.14. The molecule has 1 heterocycles. The lowest BCUT2D eigenvalue weighted by atomic mass is 10.1. The molecule has 0 saturated carbocycles. The van der Waals surface area contributed by atoms with E-state index in [2.05, 4.69) is 4.98 Å². The number of fused-ring (bicyclic) bond motifs is 1. The summed E-state index contributed by atoms with van der Waals surface area (Å²) in [5.41, 5.74) is 2.87. The molecule has 5 heteroatoms. The summed E-state index contributed by atoms with van der Waals surface area (Å²) < 4.78 is 0. The Morgan fingerprint density at radius 1 is 1.04 bits per heavy atom. The zero-order chi connectivity index (χ0) is 17.3. The van der Waals surface area contributed by atoms with Crippen molar-refractivity contribution in [2.45, 2.75) is 6.92 Å². The van der Waals surface area contributed by atoms with Crippen LogP contribution in [0.4, 0.5) is 0 Å². The number of hydrogen-bond acceptors (Lipinski definition) is 2. The largest absolute Gasteiger partial charge is 0.289 e. The van der Waals surface area contributed by atoms with Gasteiger partial charge in [0.1, 0.15) is 5.15 Å². The number of halogens is 3. The van der Waals surface area contributed by atoms with E-state index in [9.17, 15) is 4.79 Å². The third-order valence-electron chi connectivity index (χ3n) is 3.70. The number of allylic oxidation sites excluding steroid dienone is 1. The lowest BCUT2D eigenvalue weighted by molar-refractivity contribution is 0.104. The highest BCUT2D eigenvalue weighted by Crippen LogP contribution is 2.28. The first-order chi connectivity index (χ1) is 11.5. The second kappa shape index (κ2) is 6.94. The number of carbonyl (C=O) groups excluding carboxylic acids is 1. The number of carbonyl (C=O) groups is 1. The van der Waals surface area contributed by atoms with E-state index in [0.29, 0.717) is 26.3 Å². The van der Waals surface area contributed by atoms with Gasteiger partial charge in [0.05, 0.1) is 5.52 Å². The molecule has 0 atom stereocenters. The molecule has 0 bridgehead atoms. The average Bonchev–Trinajstić information content (AvgIpc) is 2.57. The number of hydrogen-bond donors (Lipinski definition) is 0. The van der Waals surface area contributed by atoms with Crippen LogP contribution in [0.25, 0.3) is 17.0 Å². The van der Waals surface area contributed by atoms with Gasteiger partial charge in [-0.3, -0.25) is 4.79 Å². The highest BCUT2D eigenvalue weighted by molar-refractivity contribution is 6.33. The van der Waals surface area contributed by atoms with E-state index < -0.39 is 0 Å². The predicted molar refractivity (Wildman–Crippen MR) is 101 cm³/mol. The fraction of sp³-hybridized carbons (Fsp3) is 0.0526. The fourth-order valence-corrected chi connectivity index (χ4v) is 2.82. The molecule has 3 aromatic rings. The second-order valence-electron chi connectivity index (χ2n) is 5.32. The van der Waals surface area contributed by atoms with Crippen molar-refractivity contribution in [3.8, 4) is 0 Å². The molecule has 2 aromatic carbocycles. The molecule has 3 rings (SSSR count). The van der Waals surface area contributed by atoms with Crippen LogP contribution >= 0.6 is 34.8 Å². The van der Waals surface area contributed by atoms with Gasteiger partial charge in [0.25, 0.3) is 0 Å². The quantitative estimate of drug-likeness (QED) is 0.301. The molecule has 24 heavy (non-hydrogen) atoms. The van der Waals surface area contributed by atoms with E-state index >= 15 is 0 Å². The monoisotopic (exact) mass is 375 g/mol. The smallest absolute Gasteiger partial charge is 0.185 e. The van der Waals surface area contributed by atoms with E-state index in [0.717, 1.165) is 16.5 Å². The highest BCUT2D eigenvalue weighted by atomic mass is 35.5. The lowest BCUT2D eigenvalue weighted by Crippen LogP contribution is -1.94. The maximum absolute atomic E-state index is 12.2. The Bertz CT molecular complexity index is 963. The first kappa shape index (κ1) is 17.0. The standard InChI is InChI=1S/C19H12Cl3NO/c1-11-16(21)8-4-13-10-14(19(22)23-18(11)13)5-9-17(24)12-2-6-15(20)7-3-12/h2-10H,1H3/b9-5+. The van der Waals surface area contributed by atoms with Gasteiger partial charge in [0.2, 0.25) is 0 Å². The Balaban J connectivity index is 1.95. The number of aryl methyl sites for hydroxylation is 1. The van der Waals surface area contributed by atoms with Gasteiger partial charge >= 0.3 is 0 Å². The Morgan fingerprint density at radius 3 is 2.46 bits per heavy atom. The predicted octanol–water partition coefficient (Wildman–Crippen LogP) is 6.40. The van der Waals surface area contributed by atoms with Crippen molar-refractivity contribution in [3.05, 3.63) is 80.4 Å². The molecule has 0 spiro atoms. The van der Waals surface area contributed by atoms with Crippen LogP contribution in [0.5, 0.6) is 0 Å². The number of nitrogens with zero attached hydrogens (tertiary/aromatic N) is 1. The number of benzene rings is 2. The summed E-state index contributed by atoms with van der Waals surface area (Å²) in [6, 6.07) is 12.3. The van der Waals surface area contributed by atoms with Crippen molar-refractivity contribution in [3.63, 3.8) is 0 Å². The molecule has 0 unspecified atom stereocenters. The van der Waals surface area contributed by atoms with Crippen LogP contribution in [0.1, 0.15) is 21.5 Å². The normalized spacial score (nSPS) is 11.3. The minimum absolute atomic E-state index is 0.130. The molecular formula is C19H12Cl3NO. The molecule has 0 aliphatic heterocycles. The van der Waals surface area contributed by atoms with Crippen LogP contribution in [0.3, 0.4) is 0 Å². The molecule has 0 amide bonds. The maximum atomic E-state index is 12.2. The van der Waals surface area contributed by atoms with Gasteiger partial charge in [-0.25, -0.2) is 4.98 Å². The average molecular weight is 377 g/mol. The highest BCUT2D eigenvalue weighted by Gasteiger charge is 2.08. The van der Waals surface area contributed by atoms with E-state index in [4.69, 9.17) is 34.8 Å². The second-order valence-corrected chi connectivity index (χ2v) is 6.52. The van der Waals surface area contributed by atoms with Crippen molar-refractivity contribution >= 4 is 57.6 Å². The Morgan fingerprint density at radius 2 is 1.75 bits per heavy atom. The molecule has 120 valence electrons. The molecule has 2 nitrogen and oxygen atoms in total. The van der Waals surface area contributed by atoms with Gasteiger partial charge in [-0.15, -0.1) is 0 Å². The van der Waals surface area contributed by atoms with Crippen LogP contribution in [-0.2, 0) is 0 Å². The third kappa shape index (κ3) is 3.46. The number of pyridine rings is 1. The zero-order valence-electron chi connectivity index (χ0n) is 12.7. The van der Waals surface area contributed by atoms with Crippen LogP contribution < -0.4 is 0 Å². The van der Waals surface area contributed by atoms with Crippen molar-refractivity contribution in [1.82, 2.24) is 4.98 Å². The topological polar surface area (TPSA) is 30.0 Å². The van der Waals surface area contributed by atoms with Crippen molar-refractivity contribution in [2.24, 2.45) is 0 Å². The molecular weight excluding hydrogens is 365 g/mol. The molecule has 0 radical (unpaired) electrons. The van der Waals surface area contributed by atoms with Crippen LogP contribution in [0.2, 0.25) is 15.2 Å². The first-order valence-corrected chi connectivity index (χ1v) is 8.32. The van der Waals surface area contributed by atoms with Gasteiger partial charge < -0.3 is 0 Å². The molecule has 0 aliphatic rings. The summed E-state index contributed by atoms with van der Waals surface area (Å²) in [6.45, 7) is 1.90. The summed E-state index contributed by atoms with van der Waals surface area (Å²) in [5, 5.41) is 2.48. The summed E-state index contributed by atoms with van der Waals surface area (Å²) in [5.74, 6) is -0.130. The van der Waals surface area contributed by atoms with E-state index in [1.807, 2.05) is 25.1 Å². The van der Waals surface area contributed by atoms with Crippen LogP contribution in [0.15, 0.2) is 48.5 Å². The third-order valence-corrected chi connectivity index (χ3v) is 4.66. The van der Waals surface area contributed by atoms with Crippen LogP contribution in [0, 0.1) is 6.92 Å². The minimum Gasteiger partial charge on any atom is -0.289 e. The summed E-state index contributed by atoms with van der Waals surface area (Å²) >= 11 is 18.2.